The highest BCUT2D eigenvalue weighted by molar-refractivity contribution is 5.99. The van der Waals surface area contributed by atoms with Gasteiger partial charge in [0.15, 0.2) is 0 Å². The summed E-state index contributed by atoms with van der Waals surface area (Å²) in [5.74, 6) is -1.40. The van der Waals surface area contributed by atoms with Crippen molar-refractivity contribution in [2.75, 3.05) is 0 Å². The average molecular weight is 318 g/mol. The van der Waals surface area contributed by atoms with Gasteiger partial charge in [0.25, 0.3) is 0 Å². The second kappa shape index (κ2) is 6.59. The van der Waals surface area contributed by atoms with Crippen LogP contribution in [-0.2, 0) is 0 Å². The van der Waals surface area contributed by atoms with Crippen molar-refractivity contribution >= 4 is 5.97 Å². The Morgan fingerprint density at radius 3 is 2.04 bits per heavy atom. The van der Waals surface area contributed by atoms with Crippen molar-refractivity contribution < 1.29 is 15.0 Å². The third kappa shape index (κ3) is 2.88. The maximum Gasteiger partial charge on any atom is 0.340 e. The smallest absolute Gasteiger partial charge is 0.340 e. The lowest BCUT2D eigenvalue weighted by molar-refractivity contribution is 0.0694. The zero-order valence-electron chi connectivity index (χ0n) is 13.3. The van der Waals surface area contributed by atoms with Crippen molar-refractivity contribution in [2.45, 2.75) is 12.8 Å². The van der Waals surface area contributed by atoms with E-state index in [1.165, 1.54) is 0 Å². The van der Waals surface area contributed by atoms with Crippen molar-refractivity contribution in [1.82, 2.24) is 0 Å². The fourth-order valence-corrected chi connectivity index (χ4v) is 2.95. The molecular formula is C21H18O3. The lowest BCUT2D eigenvalue weighted by atomic mass is 9.88. The molecule has 3 nitrogen and oxygen atoms in total. The van der Waals surface area contributed by atoms with Crippen LogP contribution in [-0.4, -0.2) is 16.2 Å². The van der Waals surface area contributed by atoms with Crippen LogP contribution in [0.1, 0.15) is 34.3 Å². The lowest BCUT2D eigenvalue weighted by Gasteiger charge is -2.17. The summed E-state index contributed by atoms with van der Waals surface area (Å²) >= 11 is 0. The van der Waals surface area contributed by atoms with Crippen molar-refractivity contribution in [3.63, 3.8) is 0 Å². The Kier molecular flexibility index (Phi) is 4.34. The highest BCUT2D eigenvalue weighted by Crippen LogP contribution is 2.38. The molecule has 1 atom stereocenters. The third-order valence-electron chi connectivity index (χ3n) is 4.27. The van der Waals surface area contributed by atoms with Gasteiger partial charge >= 0.3 is 5.97 Å². The van der Waals surface area contributed by atoms with Crippen LogP contribution in [0.3, 0.4) is 0 Å². The molecule has 0 radical (unpaired) electrons. The van der Waals surface area contributed by atoms with E-state index in [9.17, 15) is 15.0 Å². The average Bonchev–Trinajstić information content (AvgIpc) is 2.62. The van der Waals surface area contributed by atoms with Gasteiger partial charge in [-0.2, -0.15) is 0 Å². The molecule has 3 aromatic carbocycles. The fraction of sp³-hybridized carbons (Fsp3) is 0.0952. The zero-order chi connectivity index (χ0) is 17.1. The number of benzene rings is 3. The molecule has 0 aliphatic heterocycles. The van der Waals surface area contributed by atoms with Gasteiger partial charge in [-0.05, 0) is 16.7 Å². The first-order valence-electron chi connectivity index (χ1n) is 7.79. The van der Waals surface area contributed by atoms with Crippen LogP contribution in [0.15, 0.2) is 72.8 Å². The number of carbonyl (C=O) groups is 1. The molecule has 24 heavy (non-hydrogen) atoms. The number of aromatic carboxylic acids is 1. The monoisotopic (exact) mass is 318 g/mol. The number of carboxylic acid groups (broad SMARTS) is 1. The molecule has 3 heteroatoms. The molecule has 0 bridgehead atoms. The predicted molar refractivity (Wildman–Crippen MR) is 94.5 cm³/mol. The van der Waals surface area contributed by atoms with Gasteiger partial charge in [0, 0.05) is 11.5 Å². The number of carboxylic acids is 1. The molecule has 120 valence electrons. The summed E-state index contributed by atoms with van der Waals surface area (Å²) in [6.07, 6.45) is 0. The van der Waals surface area contributed by atoms with Crippen molar-refractivity contribution in [3.05, 3.63) is 89.5 Å². The molecule has 0 saturated heterocycles. The third-order valence-corrected chi connectivity index (χ3v) is 4.27. The topological polar surface area (TPSA) is 57.5 Å². The molecule has 0 spiro atoms. The molecule has 0 heterocycles. The van der Waals surface area contributed by atoms with E-state index in [2.05, 4.69) is 0 Å². The Morgan fingerprint density at radius 1 is 0.875 bits per heavy atom. The molecule has 3 rings (SSSR count). The second-order valence-corrected chi connectivity index (χ2v) is 5.73. The van der Waals surface area contributed by atoms with Crippen LogP contribution in [0.25, 0.3) is 11.1 Å². The number of rotatable bonds is 4. The first-order valence-corrected chi connectivity index (χ1v) is 7.79. The van der Waals surface area contributed by atoms with Gasteiger partial charge in [0.05, 0.1) is 0 Å². The van der Waals surface area contributed by atoms with Crippen LogP contribution < -0.4 is 0 Å². The van der Waals surface area contributed by atoms with E-state index in [4.69, 9.17) is 0 Å². The van der Waals surface area contributed by atoms with E-state index < -0.39 is 5.97 Å². The minimum absolute atomic E-state index is 0.0542. The minimum Gasteiger partial charge on any atom is -0.507 e. The first kappa shape index (κ1) is 15.8. The van der Waals surface area contributed by atoms with Crippen LogP contribution in [0.4, 0.5) is 0 Å². The Bertz CT molecular complexity index is 855. The second-order valence-electron chi connectivity index (χ2n) is 5.73. The summed E-state index contributed by atoms with van der Waals surface area (Å²) < 4.78 is 0. The van der Waals surface area contributed by atoms with Crippen molar-refractivity contribution in [3.8, 4) is 16.9 Å². The Morgan fingerprint density at radius 2 is 1.46 bits per heavy atom. The van der Waals surface area contributed by atoms with E-state index in [0.717, 1.165) is 11.1 Å². The molecule has 0 aliphatic rings. The van der Waals surface area contributed by atoms with Gasteiger partial charge in [0.2, 0.25) is 0 Å². The summed E-state index contributed by atoms with van der Waals surface area (Å²) in [7, 11) is 0. The largest absolute Gasteiger partial charge is 0.507 e. The number of hydrogen-bond donors (Lipinski definition) is 2. The van der Waals surface area contributed by atoms with Gasteiger partial charge in [-0.1, -0.05) is 79.7 Å². The summed E-state index contributed by atoms with van der Waals surface area (Å²) in [6, 6.07) is 22.5. The fourth-order valence-electron chi connectivity index (χ4n) is 2.95. The van der Waals surface area contributed by atoms with Gasteiger partial charge in [-0.3, -0.25) is 0 Å². The molecule has 0 fully saturated rings. The highest BCUT2D eigenvalue weighted by atomic mass is 16.4. The van der Waals surface area contributed by atoms with Crippen LogP contribution in [0.2, 0.25) is 0 Å². The number of hydrogen-bond acceptors (Lipinski definition) is 2. The molecule has 0 aromatic heterocycles. The van der Waals surface area contributed by atoms with E-state index in [1.54, 1.807) is 6.07 Å². The van der Waals surface area contributed by atoms with Gasteiger partial charge in [-0.25, -0.2) is 4.79 Å². The maximum atomic E-state index is 11.8. The molecular weight excluding hydrogens is 300 g/mol. The van der Waals surface area contributed by atoms with E-state index >= 15 is 0 Å². The predicted octanol–water partition coefficient (Wildman–Crippen LogP) is 4.91. The Labute approximate surface area is 140 Å². The number of phenols is 1. The summed E-state index contributed by atoms with van der Waals surface area (Å²) in [6.45, 7) is 1.96. The molecule has 0 amide bonds. The standard InChI is InChI=1S/C21H18O3/c1-14(15-8-4-2-5-9-15)17-12-13-18(16-10-6-3-7-11-16)19(20(17)22)21(23)24/h2-14,22H,1H3,(H,23,24). The normalized spacial score (nSPS) is 11.9. The van der Waals surface area contributed by atoms with Gasteiger partial charge in [-0.15, -0.1) is 0 Å². The quantitative estimate of drug-likeness (QED) is 0.718. The van der Waals surface area contributed by atoms with Crippen molar-refractivity contribution in [1.29, 1.82) is 0 Å². The molecule has 0 aliphatic carbocycles. The summed E-state index contributed by atoms with van der Waals surface area (Å²) in [5, 5.41) is 20.3. The summed E-state index contributed by atoms with van der Waals surface area (Å²) in [4.78, 5) is 11.8. The van der Waals surface area contributed by atoms with E-state index in [0.29, 0.717) is 11.1 Å². The van der Waals surface area contributed by atoms with E-state index in [1.807, 2.05) is 73.7 Å². The highest BCUT2D eigenvalue weighted by Gasteiger charge is 2.22. The number of aromatic hydroxyl groups is 1. The van der Waals surface area contributed by atoms with Crippen molar-refractivity contribution in [2.24, 2.45) is 0 Å². The Hall–Kier alpha value is -3.07. The van der Waals surface area contributed by atoms with Gasteiger partial charge < -0.3 is 10.2 Å². The first-order chi connectivity index (χ1) is 11.6. The van der Waals surface area contributed by atoms with Gasteiger partial charge in [0.1, 0.15) is 11.3 Å². The van der Waals surface area contributed by atoms with E-state index in [-0.39, 0.29) is 17.2 Å². The molecule has 2 N–H and O–H groups in total. The molecule has 1 unspecified atom stereocenters. The Balaban J connectivity index is 2.15. The summed E-state index contributed by atoms with van der Waals surface area (Å²) in [5.41, 5.74) is 2.87. The molecule has 0 saturated carbocycles. The lowest BCUT2D eigenvalue weighted by Crippen LogP contribution is -2.05. The van der Waals surface area contributed by atoms with Crippen LogP contribution in [0.5, 0.6) is 5.75 Å². The SMILES string of the molecule is CC(c1ccccc1)c1ccc(-c2ccccc2)c(C(=O)O)c1O. The molecule has 3 aromatic rings. The van der Waals surface area contributed by atoms with Crippen LogP contribution in [0, 0.1) is 0 Å². The zero-order valence-corrected chi connectivity index (χ0v) is 13.3. The van der Waals surface area contributed by atoms with Crippen LogP contribution >= 0.6 is 0 Å². The minimum atomic E-state index is -1.13. The maximum absolute atomic E-state index is 11.8.